The van der Waals surface area contributed by atoms with Crippen LogP contribution in [-0.2, 0) is 4.74 Å². The largest absolute Gasteiger partial charge is 0.389 e. The van der Waals surface area contributed by atoms with Gasteiger partial charge in [0.25, 0.3) is 0 Å². The maximum atomic E-state index is 13.3. The van der Waals surface area contributed by atoms with Crippen molar-refractivity contribution in [3.8, 4) is 0 Å². The highest BCUT2D eigenvalue weighted by Crippen LogP contribution is 2.29. The van der Waals surface area contributed by atoms with E-state index < -0.39 is 6.10 Å². The predicted molar refractivity (Wildman–Crippen MR) is 73.9 cm³/mol. The lowest BCUT2D eigenvalue weighted by atomic mass is 10.0. The summed E-state index contributed by atoms with van der Waals surface area (Å²) in [6.07, 6.45) is 1.63. The lowest BCUT2D eigenvalue weighted by molar-refractivity contribution is 0.0458. The number of hydrogen-bond acceptors (Lipinski definition) is 3. The van der Waals surface area contributed by atoms with E-state index in [2.05, 4.69) is 4.90 Å². The van der Waals surface area contributed by atoms with E-state index in [1.54, 1.807) is 13.0 Å². The number of halogens is 1. The lowest BCUT2D eigenvalue weighted by Crippen LogP contribution is -2.37. The highest BCUT2D eigenvalue weighted by atomic mass is 19.1. The van der Waals surface area contributed by atoms with Crippen molar-refractivity contribution in [2.75, 3.05) is 24.6 Å². The molecule has 0 saturated carbocycles. The van der Waals surface area contributed by atoms with Crippen LogP contribution in [0.2, 0.25) is 0 Å². The molecular weight excluding hydrogens is 245 g/mol. The Morgan fingerprint density at radius 3 is 2.68 bits per heavy atom. The molecule has 0 bridgehead atoms. The minimum atomic E-state index is -0.657. The summed E-state index contributed by atoms with van der Waals surface area (Å²) in [5.74, 6) is -0.302. The topological polar surface area (TPSA) is 32.7 Å². The van der Waals surface area contributed by atoms with Gasteiger partial charge in [-0.15, -0.1) is 0 Å². The molecule has 106 valence electrons. The van der Waals surface area contributed by atoms with Crippen LogP contribution in [-0.4, -0.2) is 30.9 Å². The van der Waals surface area contributed by atoms with Crippen LogP contribution in [0.4, 0.5) is 10.1 Å². The van der Waals surface area contributed by atoms with Gasteiger partial charge < -0.3 is 14.7 Å². The summed E-state index contributed by atoms with van der Waals surface area (Å²) in [5.41, 5.74) is 1.60. The van der Waals surface area contributed by atoms with Crippen LogP contribution in [0.25, 0.3) is 0 Å². The molecule has 1 aromatic rings. The molecule has 1 N–H and O–H groups in total. The minimum Gasteiger partial charge on any atom is -0.389 e. The molecule has 1 aliphatic rings. The van der Waals surface area contributed by atoms with E-state index in [1.165, 1.54) is 12.1 Å². The van der Waals surface area contributed by atoms with E-state index in [9.17, 15) is 9.50 Å². The van der Waals surface area contributed by atoms with Crippen molar-refractivity contribution in [2.45, 2.75) is 38.9 Å². The molecule has 1 aliphatic heterocycles. The van der Waals surface area contributed by atoms with Crippen molar-refractivity contribution < 1.29 is 14.2 Å². The van der Waals surface area contributed by atoms with Crippen LogP contribution < -0.4 is 4.90 Å². The second kappa shape index (κ2) is 6.35. The lowest BCUT2D eigenvalue weighted by Gasteiger charge is -2.35. The smallest absolute Gasteiger partial charge is 0.123 e. The maximum absolute atomic E-state index is 13.3. The third-order valence-electron chi connectivity index (χ3n) is 3.62. The van der Waals surface area contributed by atoms with Crippen LogP contribution in [0.15, 0.2) is 18.2 Å². The summed E-state index contributed by atoms with van der Waals surface area (Å²) in [7, 11) is 0. The normalized spacial score (nSPS) is 18.6. The van der Waals surface area contributed by atoms with Crippen molar-refractivity contribution in [1.82, 2.24) is 0 Å². The van der Waals surface area contributed by atoms with Gasteiger partial charge in [0.1, 0.15) is 5.82 Å². The fourth-order valence-corrected chi connectivity index (χ4v) is 2.65. The van der Waals surface area contributed by atoms with Crippen LogP contribution >= 0.6 is 0 Å². The van der Waals surface area contributed by atoms with Crippen molar-refractivity contribution >= 4 is 5.69 Å². The quantitative estimate of drug-likeness (QED) is 0.910. The van der Waals surface area contributed by atoms with Crippen molar-refractivity contribution in [3.63, 3.8) is 0 Å². The van der Waals surface area contributed by atoms with Gasteiger partial charge in [0, 0.05) is 30.9 Å². The number of aliphatic hydroxyl groups is 1. The molecular formula is C15H22FNO2. The highest BCUT2D eigenvalue weighted by molar-refractivity contribution is 5.55. The van der Waals surface area contributed by atoms with Gasteiger partial charge in [0.2, 0.25) is 0 Å². The van der Waals surface area contributed by atoms with Crippen molar-refractivity contribution in [2.24, 2.45) is 0 Å². The van der Waals surface area contributed by atoms with Crippen molar-refractivity contribution in [1.29, 1.82) is 0 Å². The van der Waals surface area contributed by atoms with Crippen LogP contribution in [0.3, 0.4) is 0 Å². The summed E-state index contributed by atoms with van der Waals surface area (Å²) in [6.45, 7) is 6.20. The summed E-state index contributed by atoms with van der Waals surface area (Å²) in [4.78, 5) is 2.21. The van der Waals surface area contributed by atoms with E-state index in [4.69, 9.17) is 4.74 Å². The average Bonchev–Trinajstić information content (AvgIpc) is 2.40. The number of benzene rings is 1. The zero-order valence-electron chi connectivity index (χ0n) is 11.6. The van der Waals surface area contributed by atoms with E-state index in [-0.39, 0.29) is 5.82 Å². The molecule has 1 heterocycles. The molecule has 3 nitrogen and oxygen atoms in total. The molecule has 4 heteroatoms. The van der Waals surface area contributed by atoms with Crippen LogP contribution in [0.1, 0.15) is 38.4 Å². The first-order chi connectivity index (χ1) is 9.11. The predicted octanol–water partition coefficient (Wildman–Crippen LogP) is 2.88. The number of nitrogens with zero attached hydrogens (tertiary/aromatic N) is 1. The van der Waals surface area contributed by atoms with Gasteiger partial charge in [-0.05, 0) is 44.9 Å². The fourth-order valence-electron chi connectivity index (χ4n) is 2.65. The Bertz CT molecular complexity index is 415. The molecule has 0 spiro atoms. The molecule has 1 aromatic carbocycles. The maximum Gasteiger partial charge on any atom is 0.123 e. The monoisotopic (exact) mass is 267 g/mol. The SMILES string of the molecule is CCOC1CCN(c2ccc(F)cc2[C@H](C)O)CC1. The third-order valence-corrected chi connectivity index (χ3v) is 3.62. The first-order valence-electron chi connectivity index (χ1n) is 6.96. The van der Waals surface area contributed by atoms with E-state index >= 15 is 0 Å². The summed E-state index contributed by atoms with van der Waals surface area (Å²) >= 11 is 0. The van der Waals surface area contributed by atoms with Crippen molar-refractivity contribution in [3.05, 3.63) is 29.6 Å². The molecule has 1 saturated heterocycles. The Kier molecular flexibility index (Phi) is 4.77. The van der Waals surface area contributed by atoms with E-state index in [0.717, 1.165) is 38.2 Å². The molecule has 1 fully saturated rings. The van der Waals surface area contributed by atoms with Gasteiger partial charge >= 0.3 is 0 Å². The fraction of sp³-hybridized carbons (Fsp3) is 0.600. The minimum absolute atomic E-state index is 0.302. The molecule has 0 radical (unpaired) electrons. The molecule has 0 aromatic heterocycles. The van der Waals surface area contributed by atoms with E-state index in [0.29, 0.717) is 11.7 Å². The Balaban J connectivity index is 2.11. The first kappa shape index (κ1) is 14.3. The first-order valence-corrected chi connectivity index (χ1v) is 6.96. The second-order valence-electron chi connectivity index (χ2n) is 5.02. The van der Waals surface area contributed by atoms with Gasteiger partial charge in [0.05, 0.1) is 12.2 Å². The van der Waals surface area contributed by atoms with Crippen LogP contribution in [0, 0.1) is 5.82 Å². The standard InChI is InChI=1S/C15H22FNO2/c1-3-19-13-6-8-17(9-7-13)15-5-4-12(16)10-14(15)11(2)18/h4-5,10-11,13,18H,3,6-9H2,1-2H3/t11-/m0/s1. The zero-order valence-corrected chi connectivity index (χ0v) is 11.6. The van der Waals surface area contributed by atoms with E-state index in [1.807, 2.05) is 6.92 Å². The number of aliphatic hydroxyl groups excluding tert-OH is 1. The summed E-state index contributed by atoms with van der Waals surface area (Å²) in [5, 5.41) is 9.78. The van der Waals surface area contributed by atoms with Gasteiger partial charge in [-0.3, -0.25) is 0 Å². The highest BCUT2D eigenvalue weighted by Gasteiger charge is 2.22. The van der Waals surface area contributed by atoms with Crippen LogP contribution in [0.5, 0.6) is 0 Å². The average molecular weight is 267 g/mol. The Morgan fingerprint density at radius 1 is 1.42 bits per heavy atom. The molecule has 19 heavy (non-hydrogen) atoms. The number of rotatable bonds is 4. The van der Waals surface area contributed by atoms with Gasteiger partial charge in [0.15, 0.2) is 0 Å². The third kappa shape index (κ3) is 3.45. The number of piperidine rings is 1. The molecule has 0 unspecified atom stereocenters. The summed E-state index contributed by atoms with van der Waals surface area (Å²) < 4.78 is 18.9. The van der Waals surface area contributed by atoms with Gasteiger partial charge in [-0.1, -0.05) is 0 Å². The number of ether oxygens (including phenoxy) is 1. The Labute approximate surface area is 114 Å². The molecule has 0 aliphatic carbocycles. The molecule has 1 atom stereocenters. The Morgan fingerprint density at radius 2 is 2.11 bits per heavy atom. The van der Waals surface area contributed by atoms with Gasteiger partial charge in [-0.25, -0.2) is 4.39 Å². The number of anilines is 1. The molecule has 2 rings (SSSR count). The number of hydrogen-bond donors (Lipinski definition) is 1. The Hall–Kier alpha value is -1.13. The summed E-state index contributed by atoms with van der Waals surface area (Å²) in [6, 6.07) is 4.64. The molecule has 0 amide bonds. The second-order valence-corrected chi connectivity index (χ2v) is 5.02. The zero-order chi connectivity index (χ0) is 13.8. The van der Waals surface area contributed by atoms with Gasteiger partial charge in [-0.2, -0.15) is 0 Å².